The zero-order valence-corrected chi connectivity index (χ0v) is 12.7. The van der Waals surface area contributed by atoms with Crippen molar-refractivity contribution in [2.75, 3.05) is 11.9 Å². The number of hydrogen-bond donors (Lipinski definition) is 1. The van der Waals surface area contributed by atoms with Crippen LogP contribution in [0.1, 0.15) is 23.6 Å². The zero-order valence-electron chi connectivity index (χ0n) is 12.7. The number of benzene rings is 2. The van der Waals surface area contributed by atoms with E-state index in [1.54, 1.807) is 0 Å². The van der Waals surface area contributed by atoms with Crippen LogP contribution in [0.2, 0.25) is 0 Å². The summed E-state index contributed by atoms with van der Waals surface area (Å²) in [7, 11) is 0. The number of para-hydroxylation sites is 1. The number of aryl methyl sites for hydroxylation is 3. The van der Waals surface area contributed by atoms with Crippen LogP contribution in [0.25, 0.3) is 0 Å². The van der Waals surface area contributed by atoms with Crippen LogP contribution in [0, 0.1) is 20.8 Å². The highest BCUT2D eigenvalue weighted by Crippen LogP contribution is 2.18. The molecule has 0 heterocycles. The van der Waals surface area contributed by atoms with E-state index >= 15 is 0 Å². The molecule has 1 N–H and O–H groups in total. The SMILES string of the molecule is Cc1ccc(NCC(C)Oc2ccccc2C)cc1C. The molecule has 2 heteroatoms. The van der Waals surface area contributed by atoms with Gasteiger partial charge >= 0.3 is 0 Å². The van der Waals surface area contributed by atoms with Gasteiger partial charge in [0.15, 0.2) is 0 Å². The van der Waals surface area contributed by atoms with E-state index in [4.69, 9.17) is 4.74 Å². The fourth-order valence-electron chi connectivity index (χ4n) is 2.06. The van der Waals surface area contributed by atoms with Crippen LogP contribution in [0.4, 0.5) is 5.69 Å². The summed E-state index contributed by atoms with van der Waals surface area (Å²) >= 11 is 0. The number of rotatable bonds is 5. The molecule has 0 bridgehead atoms. The minimum atomic E-state index is 0.123. The number of hydrogen-bond acceptors (Lipinski definition) is 2. The molecule has 0 aromatic heterocycles. The van der Waals surface area contributed by atoms with E-state index in [2.05, 4.69) is 57.3 Å². The van der Waals surface area contributed by atoms with Crippen LogP contribution in [-0.4, -0.2) is 12.6 Å². The van der Waals surface area contributed by atoms with E-state index in [0.29, 0.717) is 0 Å². The first-order valence-corrected chi connectivity index (χ1v) is 7.09. The predicted octanol–water partition coefficient (Wildman–Crippen LogP) is 4.49. The van der Waals surface area contributed by atoms with Crippen molar-refractivity contribution < 1.29 is 4.74 Å². The van der Waals surface area contributed by atoms with Crippen LogP contribution < -0.4 is 10.1 Å². The van der Waals surface area contributed by atoms with Gasteiger partial charge in [-0.05, 0) is 62.6 Å². The fourth-order valence-corrected chi connectivity index (χ4v) is 2.06. The smallest absolute Gasteiger partial charge is 0.122 e. The highest BCUT2D eigenvalue weighted by molar-refractivity contribution is 5.48. The molecule has 2 rings (SSSR count). The number of nitrogens with one attached hydrogen (secondary N) is 1. The van der Waals surface area contributed by atoms with Crippen molar-refractivity contribution in [2.45, 2.75) is 33.8 Å². The average Bonchev–Trinajstić information content (AvgIpc) is 2.43. The maximum atomic E-state index is 5.96. The molecule has 0 amide bonds. The lowest BCUT2D eigenvalue weighted by molar-refractivity contribution is 0.233. The molecule has 20 heavy (non-hydrogen) atoms. The Morgan fingerprint density at radius 1 is 0.950 bits per heavy atom. The van der Waals surface area contributed by atoms with Crippen molar-refractivity contribution in [1.29, 1.82) is 0 Å². The van der Waals surface area contributed by atoms with E-state index in [0.717, 1.165) is 18.0 Å². The van der Waals surface area contributed by atoms with E-state index in [-0.39, 0.29) is 6.10 Å². The first kappa shape index (κ1) is 14.4. The quantitative estimate of drug-likeness (QED) is 0.863. The summed E-state index contributed by atoms with van der Waals surface area (Å²) in [6.45, 7) is 9.20. The highest BCUT2D eigenvalue weighted by Gasteiger charge is 2.06. The minimum Gasteiger partial charge on any atom is -0.489 e. The Morgan fingerprint density at radius 2 is 1.70 bits per heavy atom. The van der Waals surface area contributed by atoms with Crippen molar-refractivity contribution in [2.24, 2.45) is 0 Å². The minimum absolute atomic E-state index is 0.123. The Labute approximate surface area is 121 Å². The van der Waals surface area contributed by atoms with E-state index in [9.17, 15) is 0 Å². The third-order valence-corrected chi connectivity index (χ3v) is 3.52. The zero-order chi connectivity index (χ0) is 14.5. The molecule has 0 aliphatic carbocycles. The standard InChI is InChI=1S/C18H23NO/c1-13-9-10-17(11-15(13)3)19-12-16(4)20-18-8-6-5-7-14(18)2/h5-11,16,19H,12H2,1-4H3. The van der Waals surface area contributed by atoms with Gasteiger partial charge in [0, 0.05) is 5.69 Å². The van der Waals surface area contributed by atoms with Crippen LogP contribution in [-0.2, 0) is 0 Å². The Kier molecular flexibility index (Phi) is 4.67. The van der Waals surface area contributed by atoms with Gasteiger partial charge in [0.05, 0.1) is 6.54 Å². The number of ether oxygens (including phenoxy) is 1. The maximum Gasteiger partial charge on any atom is 0.122 e. The monoisotopic (exact) mass is 269 g/mol. The summed E-state index contributed by atoms with van der Waals surface area (Å²) < 4.78 is 5.96. The van der Waals surface area contributed by atoms with Gasteiger partial charge < -0.3 is 10.1 Å². The molecular formula is C18H23NO. The molecule has 0 aliphatic heterocycles. The lowest BCUT2D eigenvalue weighted by atomic mass is 10.1. The topological polar surface area (TPSA) is 21.3 Å². The molecule has 1 unspecified atom stereocenters. The fraction of sp³-hybridized carbons (Fsp3) is 0.333. The van der Waals surface area contributed by atoms with E-state index < -0.39 is 0 Å². The Bertz CT molecular complexity index is 577. The predicted molar refractivity (Wildman–Crippen MR) is 85.7 cm³/mol. The van der Waals surface area contributed by atoms with Crippen molar-refractivity contribution in [3.63, 3.8) is 0 Å². The normalized spacial score (nSPS) is 12.0. The van der Waals surface area contributed by atoms with Gasteiger partial charge in [-0.25, -0.2) is 0 Å². The van der Waals surface area contributed by atoms with Gasteiger partial charge in [0.2, 0.25) is 0 Å². The molecule has 0 saturated carbocycles. The molecule has 2 nitrogen and oxygen atoms in total. The summed E-state index contributed by atoms with van der Waals surface area (Å²) in [6, 6.07) is 14.6. The summed E-state index contributed by atoms with van der Waals surface area (Å²) in [6.07, 6.45) is 0.123. The molecule has 0 spiro atoms. The second-order valence-corrected chi connectivity index (χ2v) is 5.37. The summed E-state index contributed by atoms with van der Waals surface area (Å²) in [5.41, 5.74) is 4.95. The highest BCUT2D eigenvalue weighted by atomic mass is 16.5. The number of anilines is 1. The molecule has 1 atom stereocenters. The molecule has 2 aromatic rings. The molecule has 0 fully saturated rings. The molecule has 106 valence electrons. The van der Waals surface area contributed by atoms with Gasteiger partial charge in [-0.1, -0.05) is 24.3 Å². The van der Waals surface area contributed by atoms with Gasteiger partial charge in [-0.2, -0.15) is 0 Å². The molecule has 0 saturated heterocycles. The summed E-state index contributed by atoms with van der Waals surface area (Å²) in [5, 5.41) is 3.43. The average molecular weight is 269 g/mol. The van der Waals surface area contributed by atoms with Gasteiger partial charge in [0.1, 0.15) is 11.9 Å². The third-order valence-electron chi connectivity index (χ3n) is 3.52. The van der Waals surface area contributed by atoms with Crippen LogP contribution >= 0.6 is 0 Å². The van der Waals surface area contributed by atoms with E-state index in [1.165, 1.54) is 16.7 Å². The summed E-state index contributed by atoms with van der Waals surface area (Å²) in [4.78, 5) is 0. The van der Waals surface area contributed by atoms with Gasteiger partial charge in [0.25, 0.3) is 0 Å². The van der Waals surface area contributed by atoms with E-state index in [1.807, 2.05) is 18.2 Å². The Hall–Kier alpha value is -1.96. The Morgan fingerprint density at radius 3 is 2.40 bits per heavy atom. The molecule has 0 aliphatic rings. The first-order valence-electron chi connectivity index (χ1n) is 7.09. The maximum absolute atomic E-state index is 5.96. The Balaban J connectivity index is 1.90. The third kappa shape index (κ3) is 3.77. The van der Waals surface area contributed by atoms with Crippen molar-refractivity contribution >= 4 is 5.69 Å². The lowest BCUT2D eigenvalue weighted by Gasteiger charge is -2.18. The van der Waals surface area contributed by atoms with Crippen LogP contribution in [0.15, 0.2) is 42.5 Å². The largest absolute Gasteiger partial charge is 0.489 e. The van der Waals surface area contributed by atoms with Crippen molar-refractivity contribution in [3.05, 3.63) is 59.2 Å². The first-order chi connectivity index (χ1) is 9.56. The van der Waals surface area contributed by atoms with Crippen molar-refractivity contribution in [1.82, 2.24) is 0 Å². The van der Waals surface area contributed by atoms with Crippen molar-refractivity contribution in [3.8, 4) is 5.75 Å². The lowest BCUT2D eigenvalue weighted by Crippen LogP contribution is -2.23. The second kappa shape index (κ2) is 6.47. The van der Waals surface area contributed by atoms with Crippen LogP contribution in [0.5, 0.6) is 5.75 Å². The van der Waals surface area contributed by atoms with Gasteiger partial charge in [-0.3, -0.25) is 0 Å². The molecule has 2 aromatic carbocycles. The molecule has 0 radical (unpaired) electrons. The van der Waals surface area contributed by atoms with Crippen LogP contribution in [0.3, 0.4) is 0 Å². The second-order valence-electron chi connectivity index (χ2n) is 5.37. The summed E-state index contributed by atoms with van der Waals surface area (Å²) in [5.74, 6) is 0.960. The van der Waals surface area contributed by atoms with Gasteiger partial charge in [-0.15, -0.1) is 0 Å². The molecular weight excluding hydrogens is 246 g/mol.